The summed E-state index contributed by atoms with van der Waals surface area (Å²) in [5, 5.41) is 8.42. The van der Waals surface area contributed by atoms with Gasteiger partial charge in [-0.2, -0.15) is 5.10 Å². The zero-order valence-corrected chi connectivity index (χ0v) is 18.6. The normalized spacial score (nSPS) is 11.8. The standard InChI is InChI=1S/C24H25N7O/c1-14-17(12-31(2)3)9-25-11-19(14)16-8-18-22(29-30-23(18)26-10-16)24-27-20-7-5-6-15(13-32-4)21(20)28-24/h5-11H,12-13H2,1-4H3,(H,27,28)(H,26,29,30). The second-order valence-electron chi connectivity index (χ2n) is 8.23. The van der Waals surface area contributed by atoms with Gasteiger partial charge in [0.25, 0.3) is 0 Å². The highest BCUT2D eigenvalue weighted by Crippen LogP contribution is 2.31. The summed E-state index contributed by atoms with van der Waals surface area (Å²) in [5.41, 5.74) is 8.82. The summed E-state index contributed by atoms with van der Waals surface area (Å²) in [6, 6.07) is 8.14. The van der Waals surface area contributed by atoms with Gasteiger partial charge in [0.1, 0.15) is 5.69 Å². The lowest BCUT2D eigenvalue weighted by Crippen LogP contribution is -2.12. The first-order valence-electron chi connectivity index (χ1n) is 10.4. The Hall–Kier alpha value is -3.62. The lowest BCUT2D eigenvalue weighted by Gasteiger charge is -2.14. The molecule has 4 heterocycles. The first-order valence-corrected chi connectivity index (χ1v) is 10.4. The molecule has 1 aromatic carbocycles. The maximum atomic E-state index is 5.32. The fraction of sp³-hybridized carbons (Fsp3) is 0.250. The summed E-state index contributed by atoms with van der Waals surface area (Å²) in [4.78, 5) is 19.5. The number of hydrogen-bond acceptors (Lipinski definition) is 6. The second kappa shape index (κ2) is 8.14. The molecule has 32 heavy (non-hydrogen) atoms. The third-order valence-corrected chi connectivity index (χ3v) is 5.66. The number of nitrogens with zero attached hydrogens (tertiary/aromatic N) is 5. The highest BCUT2D eigenvalue weighted by atomic mass is 16.5. The highest BCUT2D eigenvalue weighted by Gasteiger charge is 2.16. The van der Waals surface area contributed by atoms with Crippen LogP contribution in [0.5, 0.6) is 0 Å². The van der Waals surface area contributed by atoms with Gasteiger partial charge in [-0.1, -0.05) is 12.1 Å². The van der Waals surface area contributed by atoms with E-state index in [1.165, 1.54) is 11.1 Å². The van der Waals surface area contributed by atoms with Crippen molar-refractivity contribution in [2.45, 2.75) is 20.1 Å². The minimum absolute atomic E-state index is 0.507. The van der Waals surface area contributed by atoms with Crippen LogP contribution in [0.25, 0.3) is 44.7 Å². The molecular weight excluding hydrogens is 402 g/mol. The molecule has 0 amide bonds. The van der Waals surface area contributed by atoms with Crippen molar-refractivity contribution in [3.8, 4) is 22.6 Å². The van der Waals surface area contributed by atoms with Gasteiger partial charge in [0.05, 0.1) is 23.0 Å². The lowest BCUT2D eigenvalue weighted by molar-refractivity contribution is 0.186. The number of benzene rings is 1. The van der Waals surface area contributed by atoms with Crippen molar-refractivity contribution >= 4 is 22.1 Å². The smallest absolute Gasteiger partial charge is 0.181 e. The number of imidazole rings is 1. The Balaban J connectivity index is 1.62. The Morgan fingerprint density at radius 3 is 2.78 bits per heavy atom. The number of hydrogen-bond donors (Lipinski definition) is 2. The second-order valence-corrected chi connectivity index (χ2v) is 8.23. The Bertz CT molecular complexity index is 1420. The predicted octanol–water partition coefficient (Wildman–Crippen LogP) is 4.08. The van der Waals surface area contributed by atoms with Crippen molar-refractivity contribution in [1.29, 1.82) is 0 Å². The maximum absolute atomic E-state index is 5.32. The Kier molecular flexibility index (Phi) is 5.16. The summed E-state index contributed by atoms with van der Waals surface area (Å²) >= 11 is 0. The lowest BCUT2D eigenvalue weighted by atomic mass is 9.99. The van der Waals surface area contributed by atoms with Crippen LogP contribution in [0.2, 0.25) is 0 Å². The van der Waals surface area contributed by atoms with Crippen LogP contribution in [0.3, 0.4) is 0 Å². The van der Waals surface area contributed by atoms with E-state index >= 15 is 0 Å². The molecule has 8 nitrogen and oxygen atoms in total. The van der Waals surface area contributed by atoms with Gasteiger partial charge in [0, 0.05) is 48.9 Å². The van der Waals surface area contributed by atoms with Gasteiger partial charge in [-0.25, -0.2) is 9.97 Å². The number of para-hydroxylation sites is 1. The van der Waals surface area contributed by atoms with Crippen LogP contribution in [0, 0.1) is 6.92 Å². The molecular formula is C24H25N7O. The number of aromatic amines is 2. The fourth-order valence-electron chi connectivity index (χ4n) is 4.07. The molecule has 0 bridgehead atoms. The van der Waals surface area contributed by atoms with Gasteiger partial charge < -0.3 is 14.6 Å². The number of fused-ring (bicyclic) bond motifs is 2. The predicted molar refractivity (Wildman–Crippen MR) is 125 cm³/mol. The maximum Gasteiger partial charge on any atom is 0.181 e. The van der Waals surface area contributed by atoms with E-state index in [0.29, 0.717) is 12.3 Å². The van der Waals surface area contributed by atoms with E-state index in [9.17, 15) is 0 Å². The molecule has 0 aliphatic heterocycles. The Morgan fingerprint density at radius 2 is 1.97 bits per heavy atom. The Morgan fingerprint density at radius 1 is 1.09 bits per heavy atom. The van der Waals surface area contributed by atoms with Crippen molar-refractivity contribution in [3.63, 3.8) is 0 Å². The van der Waals surface area contributed by atoms with Gasteiger partial charge in [0.2, 0.25) is 0 Å². The largest absolute Gasteiger partial charge is 0.380 e. The summed E-state index contributed by atoms with van der Waals surface area (Å²) < 4.78 is 5.32. The van der Waals surface area contributed by atoms with Crippen LogP contribution in [0.15, 0.2) is 42.9 Å². The third-order valence-electron chi connectivity index (χ3n) is 5.66. The van der Waals surface area contributed by atoms with Crippen LogP contribution in [0.1, 0.15) is 16.7 Å². The molecule has 0 radical (unpaired) electrons. The quantitative estimate of drug-likeness (QED) is 0.424. The summed E-state index contributed by atoms with van der Waals surface area (Å²) in [6.07, 6.45) is 5.68. The van der Waals surface area contributed by atoms with Gasteiger partial charge in [-0.05, 0) is 44.3 Å². The highest BCUT2D eigenvalue weighted by molar-refractivity contribution is 5.94. The molecule has 0 saturated carbocycles. The van der Waals surface area contributed by atoms with E-state index in [1.807, 2.05) is 36.8 Å². The summed E-state index contributed by atoms with van der Waals surface area (Å²) in [5.74, 6) is 0.723. The van der Waals surface area contributed by atoms with Crippen LogP contribution in [-0.2, 0) is 17.9 Å². The minimum Gasteiger partial charge on any atom is -0.380 e. The summed E-state index contributed by atoms with van der Waals surface area (Å²) in [6.45, 7) is 3.47. The molecule has 0 atom stereocenters. The monoisotopic (exact) mass is 427 g/mol. The van der Waals surface area contributed by atoms with Crippen LogP contribution < -0.4 is 0 Å². The minimum atomic E-state index is 0.507. The summed E-state index contributed by atoms with van der Waals surface area (Å²) in [7, 11) is 5.80. The molecule has 0 spiro atoms. The van der Waals surface area contributed by atoms with Gasteiger partial charge in [0.15, 0.2) is 11.5 Å². The molecule has 2 N–H and O–H groups in total. The zero-order chi connectivity index (χ0) is 22.2. The average molecular weight is 428 g/mol. The molecule has 5 rings (SSSR count). The first-order chi connectivity index (χ1) is 15.5. The van der Waals surface area contributed by atoms with Crippen LogP contribution in [0.4, 0.5) is 0 Å². The van der Waals surface area contributed by atoms with E-state index in [1.54, 1.807) is 7.11 Å². The van der Waals surface area contributed by atoms with Crippen molar-refractivity contribution < 1.29 is 4.74 Å². The molecule has 162 valence electrons. The van der Waals surface area contributed by atoms with Crippen LogP contribution in [-0.4, -0.2) is 56.2 Å². The van der Waals surface area contributed by atoms with E-state index < -0.39 is 0 Å². The van der Waals surface area contributed by atoms with Gasteiger partial charge >= 0.3 is 0 Å². The molecule has 0 fully saturated rings. The molecule has 0 aliphatic carbocycles. The average Bonchev–Trinajstić information content (AvgIpc) is 3.39. The number of methoxy groups -OCH3 is 1. The fourth-order valence-corrected chi connectivity index (χ4v) is 4.07. The third kappa shape index (κ3) is 3.53. The number of nitrogens with one attached hydrogen (secondary N) is 2. The number of aromatic nitrogens is 6. The Labute approximate surface area is 185 Å². The number of ether oxygens (including phenoxy) is 1. The van der Waals surface area contributed by atoms with Crippen LogP contribution >= 0.6 is 0 Å². The van der Waals surface area contributed by atoms with E-state index in [-0.39, 0.29) is 0 Å². The molecule has 5 aromatic rings. The SMILES string of the molecule is COCc1cccc2[nH]c(-c3[nH]nc4ncc(-c5cncc(CN(C)C)c5C)cc34)nc12. The van der Waals surface area contributed by atoms with E-state index in [4.69, 9.17) is 9.72 Å². The van der Waals surface area contributed by atoms with Crippen molar-refractivity contribution in [2.24, 2.45) is 0 Å². The molecule has 4 aromatic heterocycles. The van der Waals surface area contributed by atoms with Gasteiger partial charge in [-0.15, -0.1) is 0 Å². The van der Waals surface area contributed by atoms with Crippen molar-refractivity contribution in [3.05, 3.63) is 59.5 Å². The zero-order valence-electron chi connectivity index (χ0n) is 18.6. The van der Waals surface area contributed by atoms with Crippen molar-refractivity contribution in [1.82, 2.24) is 35.0 Å². The van der Waals surface area contributed by atoms with Crippen molar-refractivity contribution in [2.75, 3.05) is 21.2 Å². The first kappa shape index (κ1) is 20.3. The molecule has 8 heteroatoms. The number of pyridine rings is 2. The number of H-pyrrole nitrogens is 2. The molecule has 0 saturated heterocycles. The number of rotatable bonds is 6. The van der Waals surface area contributed by atoms with E-state index in [2.05, 4.69) is 57.1 Å². The van der Waals surface area contributed by atoms with Gasteiger partial charge in [-0.3, -0.25) is 10.1 Å². The molecule has 0 aliphatic rings. The van der Waals surface area contributed by atoms with E-state index in [0.717, 1.165) is 51.2 Å². The topological polar surface area (TPSA) is 95.6 Å². The molecule has 0 unspecified atom stereocenters.